The van der Waals surface area contributed by atoms with Crippen LogP contribution in [0, 0.1) is 6.92 Å². The minimum absolute atomic E-state index is 0.832. The second-order valence-electron chi connectivity index (χ2n) is 6.35. The Labute approximate surface area is 116 Å². The Balaban J connectivity index is 3.01. The van der Waals surface area contributed by atoms with Crippen LogP contribution in [0.3, 0.4) is 0 Å². The maximum atomic E-state index is 6.36. The molecule has 1 fully saturated rings. The van der Waals surface area contributed by atoms with Gasteiger partial charge in [0.2, 0.25) is 0 Å². The van der Waals surface area contributed by atoms with E-state index in [1.165, 1.54) is 0 Å². The molecule has 0 aromatic rings. The minimum Gasteiger partial charge on any atom is -0.416 e. The maximum Gasteiger partial charge on any atom is 0.317 e. The molecule has 1 radical (unpaired) electrons. The van der Waals surface area contributed by atoms with Crippen molar-refractivity contribution in [2.45, 2.75) is 58.3 Å². The van der Waals surface area contributed by atoms with Crippen molar-refractivity contribution in [2.75, 3.05) is 0 Å². The number of hydrogen-bond acceptors (Lipinski definition) is 4. The highest BCUT2D eigenvalue weighted by molar-refractivity contribution is 6.93. The Morgan fingerprint density at radius 3 is 1.33 bits per heavy atom. The lowest BCUT2D eigenvalue weighted by atomic mass is 10.6. The highest BCUT2D eigenvalue weighted by Gasteiger charge is 2.51. The van der Waals surface area contributed by atoms with E-state index in [4.69, 9.17) is 16.5 Å². The highest BCUT2D eigenvalue weighted by Crippen LogP contribution is 2.32. The molecule has 107 valence electrons. The molecule has 0 amide bonds. The van der Waals surface area contributed by atoms with E-state index in [1.54, 1.807) is 0 Å². The molecule has 1 aliphatic heterocycles. The second kappa shape index (κ2) is 5.24. The first-order valence-electron chi connectivity index (χ1n) is 6.49. The summed E-state index contributed by atoms with van der Waals surface area (Å²) in [7, 11) is -8.72. The van der Waals surface area contributed by atoms with Crippen LogP contribution in [0.5, 0.6) is 0 Å². The lowest BCUT2D eigenvalue weighted by molar-refractivity contribution is 0.234. The Morgan fingerprint density at radius 2 is 1.00 bits per heavy atom. The molecule has 0 spiro atoms. The van der Waals surface area contributed by atoms with Gasteiger partial charge in [-0.05, 0) is 51.9 Å². The van der Waals surface area contributed by atoms with Crippen molar-refractivity contribution >= 4 is 34.2 Å². The van der Waals surface area contributed by atoms with E-state index < -0.39 is 34.2 Å². The third-order valence-corrected chi connectivity index (χ3v) is 19.1. The van der Waals surface area contributed by atoms with Crippen LogP contribution >= 0.6 is 0 Å². The van der Waals surface area contributed by atoms with Gasteiger partial charge in [-0.1, -0.05) is 13.3 Å². The molecule has 0 aliphatic carbocycles. The Kier molecular flexibility index (Phi) is 4.88. The van der Waals surface area contributed by atoms with Crippen LogP contribution < -0.4 is 0 Å². The van der Waals surface area contributed by atoms with E-state index in [9.17, 15) is 0 Å². The summed E-state index contributed by atoms with van der Waals surface area (Å²) >= 11 is 0. The monoisotopic (exact) mass is 323 g/mol. The zero-order valence-corrected chi connectivity index (χ0v) is 16.8. The fourth-order valence-corrected chi connectivity index (χ4v) is 24.1. The van der Waals surface area contributed by atoms with E-state index in [2.05, 4.69) is 52.8 Å². The van der Waals surface area contributed by atoms with Gasteiger partial charge < -0.3 is 16.5 Å². The topological polar surface area (TPSA) is 36.9 Å². The van der Waals surface area contributed by atoms with E-state index in [0.717, 1.165) is 12.5 Å². The van der Waals surface area contributed by atoms with Gasteiger partial charge in [0, 0.05) is 0 Å². The molecule has 4 nitrogen and oxygen atoms in total. The molecule has 1 rings (SSSR count). The van der Waals surface area contributed by atoms with Gasteiger partial charge in [0.25, 0.3) is 0 Å². The van der Waals surface area contributed by atoms with E-state index in [1.807, 2.05) is 0 Å². The summed E-state index contributed by atoms with van der Waals surface area (Å²) in [6, 6.07) is 0.897. The smallest absolute Gasteiger partial charge is 0.317 e. The van der Waals surface area contributed by atoms with Gasteiger partial charge in [-0.2, -0.15) is 0 Å². The summed E-state index contributed by atoms with van der Waals surface area (Å²) in [4.78, 5) is 0. The standard InChI is InChI=1S/C10H27O4Si4/c1-9-10-18(8)13-16(4,5)11-15(2,3)12-17(6,7)14-18/h1,9-10H2,2-8H3. The summed E-state index contributed by atoms with van der Waals surface area (Å²) in [6.45, 7) is 18.6. The van der Waals surface area contributed by atoms with Crippen molar-refractivity contribution in [2.24, 2.45) is 0 Å². The molecule has 1 aliphatic rings. The predicted octanol–water partition coefficient (Wildman–Crippen LogP) is 3.47. The molecule has 18 heavy (non-hydrogen) atoms. The molecule has 0 bridgehead atoms. The summed E-state index contributed by atoms with van der Waals surface area (Å²) in [6.07, 6.45) is 0.832. The van der Waals surface area contributed by atoms with Gasteiger partial charge in [0.15, 0.2) is 0 Å². The zero-order valence-electron chi connectivity index (χ0n) is 12.8. The molecule has 0 atom stereocenters. The summed E-state index contributed by atoms with van der Waals surface area (Å²) in [5.41, 5.74) is 0. The summed E-state index contributed by atoms with van der Waals surface area (Å²) in [5.74, 6) is 0. The van der Waals surface area contributed by atoms with Crippen LogP contribution in [0.1, 0.15) is 6.42 Å². The molecule has 8 heteroatoms. The predicted molar refractivity (Wildman–Crippen MR) is 83.2 cm³/mol. The first-order valence-corrected chi connectivity index (χ1v) is 17.5. The molecular formula is C10H27O4Si4. The molecule has 0 aromatic carbocycles. The van der Waals surface area contributed by atoms with Crippen molar-refractivity contribution in [3.05, 3.63) is 6.92 Å². The average molecular weight is 324 g/mol. The molecule has 0 N–H and O–H groups in total. The highest BCUT2D eigenvalue weighted by atomic mass is 28.5. The molecule has 0 aromatic heterocycles. The van der Waals surface area contributed by atoms with E-state index >= 15 is 0 Å². The van der Waals surface area contributed by atoms with E-state index in [0.29, 0.717) is 0 Å². The molecule has 0 unspecified atom stereocenters. The fourth-order valence-electron chi connectivity index (χ4n) is 2.73. The molecular weight excluding hydrogens is 296 g/mol. The third-order valence-electron chi connectivity index (χ3n) is 2.54. The Morgan fingerprint density at radius 1 is 0.667 bits per heavy atom. The number of hydrogen-bond donors (Lipinski definition) is 0. The zero-order chi connectivity index (χ0) is 14.2. The third kappa shape index (κ3) is 5.00. The van der Waals surface area contributed by atoms with Gasteiger partial charge in [-0.15, -0.1) is 0 Å². The van der Waals surface area contributed by atoms with Crippen LogP contribution in [0.25, 0.3) is 0 Å². The van der Waals surface area contributed by atoms with Crippen LogP contribution in [-0.4, -0.2) is 34.2 Å². The van der Waals surface area contributed by atoms with Crippen molar-refractivity contribution in [1.29, 1.82) is 0 Å². The maximum absolute atomic E-state index is 6.36. The Bertz CT molecular complexity index is 284. The van der Waals surface area contributed by atoms with Crippen LogP contribution in [0.4, 0.5) is 0 Å². The SMILES string of the molecule is [CH2]CC[Si]1(C)O[Si](C)(C)O[Si](C)(C)O[Si](C)(C)O1. The van der Waals surface area contributed by atoms with Crippen molar-refractivity contribution in [3.8, 4) is 0 Å². The molecule has 1 heterocycles. The van der Waals surface area contributed by atoms with Crippen LogP contribution in [-0.2, 0) is 16.5 Å². The van der Waals surface area contributed by atoms with E-state index in [-0.39, 0.29) is 0 Å². The average Bonchev–Trinajstić information content (AvgIpc) is 1.91. The molecule has 1 saturated heterocycles. The second-order valence-corrected chi connectivity index (χ2v) is 20.8. The summed E-state index contributed by atoms with van der Waals surface area (Å²) in [5, 5.41) is 0. The quantitative estimate of drug-likeness (QED) is 0.729. The van der Waals surface area contributed by atoms with Crippen molar-refractivity contribution in [1.82, 2.24) is 0 Å². The lowest BCUT2D eigenvalue weighted by Gasteiger charge is -2.47. The first kappa shape index (κ1) is 16.8. The van der Waals surface area contributed by atoms with Gasteiger partial charge >= 0.3 is 34.2 Å². The minimum atomic E-state index is -2.22. The Hall–Kier alpha value is 0.708. The largest absolute Gasteiger partial charge is 0.416 e. The van der Waals surface area contributed by atoms with Crippen LogP contribution in [0.15, 0.2) is 0 Å². The van der Waals surface area contributed by atoms with Gasteiger partial charge in [0.1, 0.15) is 0 Å². The first-order chi connectivity index (χ1) is 7.89. The number of rotatable bonds is 2. The molecule has 0 saturated carbocycles. The summed E-state index contributed by atoms with van der Waals surface area (Å²) < 4.78 is 25.2. The van der Waals surface area contributed by atoms with Gasteiger partial charge in [-0.3, -0.25) is 0 Å². The van der Waals surface area contributed by atoms with Crippen molar-refractivity contribution < 1.29 is 16.5 Å². The van der Waals surface area contributed by atoms with Crippen LogP contribution in [0.2, 0.25) is 51.9 Å². The lowest BCUT2D eigenvalue weighted by Crippen LogP contribution is -2.64. The van der Waals surface area contributed by atoms with Gasteiger partial charge in [0.05, 0.1) is 0 Å². The normalized spacial score (nSPS) is 29.3. The fraction of sp³-hybridized carbons (Fsp3) is 0.900. The van der Waals surface area contributed by atoms with Gasteiger partial charge in [-0.25, -0.2) is 0 Å². The van der Waals surface area contributed by atoms with Crippen molar-refractivity contribution in [3.63, 3.8) is 0 Å².